The van der Waals surface area contributed by atoms with Crippen LogP contribution in [-0.2, 0) is 4.79 Å². The first-order chi connectivity index (χ1) is 8.59. The van der Waals surface area contributed by atoms with Gasteiger partial charge in [0.15, 0.2) is 0 Å². The van der Waals surface area contributed by atoms with Crippen LogP contribution in [0.25, 0.3) is 0 Å². The summed E-state index contributed by atoms with van der Waals surface area (Å²) in [5, 5.41) is 5.71. The molecule has 1 atom stereocenters. The maximum atomic E-state index is 12.2. The van der Waals surface area contributed by atoms with Gasteiger partial charge in [0.1, 0.15) is 4.49 Å². The normalized spacial score (nSPS) is 18.8. The van der Waals surface area contributed by atoms with E-state index >= 15 is 0 Å². The zero-order chi connectivity index (χ0) is 13.1. The van der Waals surface area contributed by atoms with Crippen LogP contribution in [0.1, 0.15) is 13.3 Å². The Morgan fingerprint density at radius 1 is 1.39 bits per heavy atom. The molecule has 0 spiro atoms. The summed E-state index contributed by atoms with van der Waals surface area (Å²) in [5.74, 6) is -0.331. The maximum Gasteiger partial charge on any atom is 0.256 e. The van der Waals surface area contributed by atoms with Gasteiger partial charge >= 0.3 is 0 Å². The van der Waals surface area contributed by atoms with Crippen molar-refractivity contribution in [2.75, 3.05) is 5.01 Å². The van der Waals surface area contributed by atoms with Crippen molar-refractivity contribution in [2.45, 2.75) is 13.3 Å². The molecule has 1 heterocycles. The zero-order valence-corrected chi connectivity index (χ0v) is 11.3. The molecule has 0 saturated carbocycles. The molecule has 1 unspecified atom stereocenters. The molecule has 0 fully saturated rings. The molecule has 1 aromatic carbocycles. The van der Waals surface area contributed by atoms with Crippen LogP contribution in [0.3, 0.4) is 0 Å². The largest absolute Gasteiger partial charge is 0.272 e. The number of rotatable bonds is 3. The summed E-state index contributed by atoms with van der Waals surface area (Å²) < 4.78 is 0.175. The van der Waals surface area contributed by atoms with Gasteiger partial charge in [0.25, 0.3) is 5.91 Å². The molecule has 3 nitrogen and oxygen atoms in total. The van der Waals surface area contributed by atoms with Crippen molar-refractivity contribution in [1.29, 1.82) is 0 Å². The SMILES string of the molecule is CC1=NN(c2ccccc2)C(=O)C1CC=C(Cl)Cl. The van der Waals surface area contributed by atoms with Crippen molar-refractivity contribution in [3.8, 4) is 0 Å². The fourth-order valence-corrected chi connectivity index (χ4v) is 2.01. The molecule has 2 rings (SSSR count). The number of amides is 1. The van der Waals surface area contributed by atoms with Gasteiger partial charge in [-0.3, -0.25) is 4.79 Å². The van der Waals surface area contributed by atoms with Crippen LogP contribution in [0, 0.1) is 5.92 Å². The van der Waals surface area contributed by atoms with Gasteiger partial charge in [-0.05, 0) is 25.5 Å². The van der Waals surface area contributed by atoms with E-state index in [4.69, 9.17) is 23.2 Å². The molecule has 0 N–H and O–H groups in total. The summed E-state index contributed by atoms with van der Waals surface area (Å²) in [5.41, 5.74) is 1.54. The molecule has 1 aliphatic heterocycles. The number of halogens is 2. The minimum Gasteiger partial charge on any atom is -0.272 e. The molecule has 0 radical (unpaired) electrons. The number of carbonyl (C=O) groups is 1. The van der Waals surface area contributed by atoms with Gasteiger partial charge in [0.2, 0.25) is 0 Å². The second kappa shape index (κ2) is 5.55. The number of carbonyl (C=O) groups excluding carboxylic acids is 1. The molecule has 0 aliphatic carbocycles. The van der Waals surface area contributed by atoms with Crippen LogP contribution in [0.4, 0.5) is 5.69 Å². The lowest BCUT2D eigenvalue weighted by Gasteiger charge is -2.13. The van der Waals surface area contributed by atoms with Crippen LogP contribution in [-0.4, -0.2) is 11.6 Å². The summed E-state index contributed by atoms with van der Waals surface area (Å²) >= 11 is 11.1. The number of para-hydroxylation sites is 1. The van der Waals surface area contributed by atoms with Crippen molar-refractivity contribution in [2.24, 2.45) is 11.0 Å². The van der Waals surface area contributed by atoms with Gasteiger partial charge in [-0.2, -0.15) is 5.10 Å². The Balaban J connectivity index is 2.19. The molecule has 0 saturated heterocycles. The van der Waals surface area contributed by atoms with Crippen LogP contribution >= 0.6 is 23.2 Å². The molecule has 18 heavy (non-hydrogen) atoms. The number of benzene rings is 1. The predicted molar refractivity (Wildman–Crippen MR) is 74.9 cm³/mol. The Bertz CT molecular complexity index is 507. The molecular weight excluding hydrogens is 271 g/mol. The van der Waals surface area contributed by atoms with E-state index in [-0.39, 0.29) is 16.3 Å². The first kappa shape index (κ1) is 13.1. The average molecular weight is 283 g/mol. The van der Waals surface area contributed by atoms with E-state index in [0.29, 0.717) is 6.42 Å². The molecule has 5 heteroatoms. The summed E-state index contributed by atoms with van der Waals surface area (Å²) in [6.07, 6.45) is 2.10. The first-order valence-corrected chi connectivity index (χ1v) is 6.30. The second-order valence-electron chi connectivity index (χ2n) is 4.01. The fourth-order valence-electron chi connectivity index (χ4n) is 1.84. The lowest BCUT2D eigenvalue weighted by molar-refractivity contribution is -0.119. The average Bonchev–Trinajstić information content (AvgIpc) is 2.63. The van der Waals surface area contributed by atoms with E-state index in [1.54, 1.807) is 6.08 Å². The molecular formula is C13H12Cl2N2O. The lowest BCUT2D eigenvalue weighted by Crippen LogP contribution is -2.26. The Hall–Kier alpha value is -1.32. The third kappa shape index (κ3) is 2.74. The first-order valence-electron chi connectivity index (χ1n) is 5.55. The molecule has 94 valence electrons. The van der Waals surface area contributed by atoms with Gasteiger partial charge in [-0.25, -0.2) is 5.01 Å². The number of anilines is 1. The second-order valence-corrected chi connectivity index (χ2v) is 5.02. The molecule has 1 aliphatic rings. The minimum atomic E-state index is -0.280. The fraction of sp³-hybridized carbons (Fsp3) is 0.231. The number of hydrogen-bond acceptors (Lipinski definition) is 2. The number of nitrogens with zero attached hydrogens (tertiary/aromatic N) is 2. The Kier molecular flexibility index (Phi) is 4.04. The van der Waals surface area contributed by atoms with Gasteiger partial charge in [0.05, 0.1) is 11.6 Å². The van der Waals surface area contributed by atoms with E-state index in [0.717, 1.165) is 11.4 Å². The van der Waals surface area contributed by atoms with E-state index < -0.39 is 0 Å². The van der Waals surface area contributed by atoms with Gasteiger partial charge < -0.3 is 0 Å². The standard InChI is InChI=1S/C13H12Cl2N2O/c1-9-11(7-8-12(14)15)13(18)17(16-9)10-5-3-2-4-6-10/h2-6,8,11H,7H2,1H3. The van der Waals surface area contributed by atoms with Crippen molar-refractivity contribution in [3.63, 3.8) is 0 Å². The number of allylic oxidation sites excluding steroid dienone is 1. The smallest absolute Gasteiger partial charge is 0.256 e. The van der Waals surface area contributed by atoms with Crippen molar-refractivity contribution in [3.05, 3.63) is 40.9 Å². The van der Waals surface area contributed by atoms with Gasteiger partial charge in [-0.1, -0.05) is 47.5 Å². The van der Waals surface area contributed by atoms with E-state index in [2.05, 4.69) is 5.10 Å². The molecule has 1 amide bonds. The van der Waals surface area contributed by atoms with E-state index in [1.165, 1.54) is 5.01 Å². The Labute approximate surface area is 116 Å². The molecule has 1 aromatic rings. The zero-order valence-electron chi connectivity index (χ0n) is 9.81. The summed E-state index contributed by atoms with van der Waals surface area (Å²) in [7, 11) is 0. The topological polar surface area (TPSA) is 32.7 Å². The van der Waals surface area contributed by atoms with Crippen molar-refractivity contribution < 1.29 is 4.79 Å². The number of hydrogen-bond donors (Lipinski definition) is 0. The Morgan fingerprint density at radius 2 is 2.06 bits per heavy atom. The quantitative estimate of drug-likeness (QED) is 0.831. The summed E-state index contributed by atoms with van der Waals surface area (Å²) in [6.45, 7) is 1.83. The highest BCUT2D eigenvalue weighted by atomic mass is 35.5. The van der Waals surface area contributed by atoms with Crippen molar-refractivity contribution in [1.82, 2.24) is 0 Å². The van der Waals surface area contributed by atoms with E-state index in [9.17, 15) is 4.79 Å². The Morgan fingerprint density at radius 3 is 2.67 bits per heavy atom. The maximum absolute atomic E-state index is 12.2. The highest BCUT2D eigenvalue weighted by molar-refractivity contribution is 6.55. The van der Waals surface area contributed by atoms with Crippen LogP contribution in [0.5, 0.6) is 0 Å². The highest BCUT2D eigenvalue weighted by Gasteiger charge is 2.33. The van der Waals surface area contributed by atoms with Crippen LogP contribution < -0.4 is 5.01 Å². The monoisotopic (exact) mass is 282 g/mol. The van der Waals surface area contributed by atoms with Crippen LogP contribution in [0.2, 0.25) is 0 Å². The molecule has 0 bridgehead atoms. The van der Waals surface area contributed by atoms with Crippen molar-refractivity contribution >= 4 is 40.5 Å². The lowest BCUT2D eigenvalue weighted by atomic mass is 10.0. The van der Waals surface area contributed by atoms with Crippen LogP contribution in [0.15, 0.2) is 46.0 Å². The van der Waals surface area contributed by atoms with Gasteiger partial charge in [-0.15, -0.1) is 0 Å². The number of hydrazone groups is 1. The van der Waals surface area contributed by atoms with Gasteiger partial charge in [0, 0.05) is 5.71 Å². The summed E-state index contributed by atoms with van der Waals surface area (Å²) in [4.78, 5) is 12.2. The van der Waals surface area contributed by atoms with E-state index in [1.807, 2.05) is 37.3 Å². The minimum absolute atomic E-state index is 0.0514. The summed E-state index contributed by atoms with van der Waals surface area (Å²) in [6, 6.07) is 9.34. The highest BCUT2D eigenvalue weighted by Crippen LogP contribution is 2.26. The third-order valence-electron chi connectivity index (χ3n) is 2.78. The molecule has 0 aromatic heterocycles. The third-order valence-corrected chi connectivity index (χ3v) is 3.09. The predicted octanol–water partition coefficient (Wildman–Crippen LogP) is 3.73.